The summed E-state index contributed by atoms with van der Waals surface area (Å²) >= 11 is 0.940. The number of ether oxygens (including phenoxy) is 2. The van der Waals surface area contributed by atoms with Gasteiger partial charge < -0.3 is 15.2 Å². The molecule has 0 aliphatic carbocycles. The van der Waals surface area contributed by atoms with Crippen molar-refractivity contribution in [3.8, 4) is 11.5 Å². The number of hydrogen-bond acceptors (Lipinski definition) is 5. The minimum Gasteiger partial charge on any atom is -0.491 e. The molecule has 0 saturated carbocycles. The maximum Gasteiger partial charge on any atom is 0.279 e. The molecule has 0 aromatic heterocycles. The molecule has 7 heteroatoms. The van der Waals surface area contributed by atoms with Gasteiger partial charge in [-0.15, -0.1) is 0 Å². The topological polar surface area (TPSA) is 86.3 Å². The standard InChI is InChI=1S/C20H23N3O3S/c1-4-22-27-20(21)23-19(24)16-10-17(12-18(11-16)26-14(2)3)25-13-15-8-6-5-7-9-15/h4-12,14H,13H2,1-3H3,(H2,21,23,24)/b22-4+. The zero-order valence-corrected chi connectivity index (χ0v) is 16.4. The number of rotatable bonds is 7. The fourth-order valence-electron chi connectivity index (χ4n) is 2.15. The van der Waals surface area contributed by atoms with Crippen molar-refractivity contribution in [2.24, 2.45) is 15.1 Å². The van der Waals surface area contributed by atoms with Crippen molar-refractivity contribution in [1.29, 1.82) is 0 Å². The highest BCUT2D eigenvalue weighted by Crippen LogP contribution is 2.25. The van der Waals surface area contributed by atoms with Crippen LogP contribution in [0.2, 0.25) is 0 Å². The molecular weight excluding hydrogens is 362 g/mol. The number of amides is 1. The molecule has 0 heterocycles. The second-order valence-corrected chi connectivity index (χ2v) is 6.66. The first kappa shape index (κ1) is 20.5. The summed E-state index contributed by atoms with van der Waals surface area (Å²) in [5.74, 6) is 0.574. The van der Waals surface area contributed by atoms with E-state index in [2.05, 4.69) is 9.39 Å². The first-order valence-electron chi connectivity index (χ1n) is 8.50. The average Bonchev–Trinajstić information content (AvgIpc) is 2.65. The van der Waals surface area contributed by atoms with Crippen LogP contribution in [-0.4, -0.2) is 23.4 Å². The summed E-state index contributed by atoms with van der Waals surface area (Å²) in [6, 6.07) is 14.8. The number of carbonyl (C=O) groups is 1. The summed E-state index contributed by atoms with van der Waals surface area (Å²) in [5.41, 5.74) is 7.06. The van der Waals surface area contributed by atoms with Crippen molar-refractivity contribution < 1.29 is 14.3 Å². The lowest BCUT2D eigenvalue weighted by atomic mass is 10.2. The Morgan fingerprint density at radius 3 is 2.56 bits per heavy atom. The van der Waals surface area contributed by atoms with E-state index in [0.29, 0.717) is 23.7 Å². The van der Waals surface area contributed by atoms with Crippen molar-refractivity contribution >= 4 is 29.2 Å². The summed E-state index contributed by atoms with van der Waals surface area (Å²) in [5, 5.41) is 0.0695. The first-order chi connectivity index (χ1) is 13.0. The Kier molecular flexibility index (Phi) is 7.88. The molecule has 0 aliphatic heterocycles. The molecule has 2 aromatic rings. The number of hydrogen-bond donors (Lipinski definition) is 1. The predicted octanol–water partition coefficient (Wildman–Crippen LogP) is 4.25. The fourth-order valence-corrected chi connectivity index (χ4v) is 2.49. The predicted molar refractivity (Wildman–Crippen MR) is 111 cm³/mol. The van der Waals surface area contributed by atoms with E-state index in [1.165, 1.54) is 0 Å². The van der Waals surface area contributed by atoms with Crippen LogP contribution in [0.3, 0.4) is 0 Å². The average molecular weight is 385 g/mol. The van der Waals surface area contributed by atoms with Crippen LogP contribution in [0, 0.1) is 0 Å². The van der Waals surface area contributed by atoms with Gasteiger partial charge in [0, 0.05) is 29.8 Å². The van der Waals surface area contributed by atoms with Gasteiger partial charge in [0.25, 0.3) is 5.91 Å². The van der Waals surface area contributed by atoms with Crippen LogP contribution in [0.1, 0.15) is 36.7 Å². The van der Waals surface area contributed by atoms with Crippen LogP contribution in [0.4, 0.5) is 0 Å². The number of amidine groups is 1. The molecule has 0 spiro atoms. The summed E-state index contributed by atoms with van der Waals surface area (Å²) < 4.78 is 15.5. The van der Waals surface area contributed by atoms with Crippen LogP contribution in [0.5, 0.6) is 11.5 Å². The maximum atomic E-state index is 12.4. The van der Waals surface area contributed by atoms with Gasteiger partial charge >= 0.3 is 0 Å². The molecule has 142 valence electrons. The highest BCUT2D eigenvalue weighted by molar-refractivity contribution is 8.12. The van der Waals surface area contributed by atoms with Gasteiger partial charge in [0.05, 0.1) is 6.10 Å². The zero-order chi connectivity index (χ0) is 19.6. The summed E-state index contributed by atoms with van der Waals surface area (Å²) in [6.07, 6.45) is 1.53. The van der Waals surface area contributed by atoms with E-state index in [0.717, 1.165) is 17.5 Å². The van der Waals surface area contributed by atoms with Gasteiger partial charge in [0.1, 0.15) is 18.1 Å². The van der Waals surface area contributed by atoms with Gasteiger partial charge in [0.2, 0.25) is 0 Å². The van der Waals surface area contributed by atoms with E-state index in [-0.39, 0.29) is 11.3 Å². The SMILES string of the molecule is C/C=N/SC(N)=NC(=O)c1cc(OCc2ccccc2)cc(OC(C)C)c1. The summed E-state index contributed by atoms with van der Waals surface area (Å²) in [7, 11) is 0. The molecule has 27 heavy (non-hydrogen) atoms. The normalized spacial score (nSPS) is 11.8. The molecule has 0 fully saturated rings. The Hall–Kier alpha value is -2.80. The van der Waals surface area contributed by atoms with E-state index < -0.39 is 5.91 Å². The third-order valence-corrected chi connectivity index (χ3v) is 3.81. The maximum absolute atomic E-state index is 12.4. The minimum absolute atomic E-state index is 0.0413. The number of aliphatic imine (C=N–C) groups is 1. The van der Waals surface area contributed by atoms with Gasteiger partial charge in [0.15, 0.2) is 5.17 Å². The lowest BCUT2D eigenvalue weighted by Crippen LogP contribution is -2.10. The molecule has 2 aromatic carbocycles. The Morgan fingerprint density at radius 2 is 1.89 bits per heavy atom. The molecule has 6 nitrogen and oxygen atoms in total. The monoisotopic (exact) mass is 385 g/mol. The molecule has 0 radical (unpaired) electrons. The number of nitrogens with two attached hydrogens (primary N) is 1. The van der Waals surface area contributed by atoms with Gasteiger partial charge in [-0.1, -0.05) is 30.3 Å². The Bertz CT molecular complexity index is 820. The van der Waals surface area contributed by atoms with E-state index in [1.54, 1.807) is 31.3 Å². The fraction of sp³-hybridized carbons (Fsp3) is 0.250. The van der Waals surface area contributed by atoms with Crippen LogP contribution in [-0.2, 0) is 6.61 Å². The highest BCUT2D eigenvalue weighted by atomic mass is 32.2. The lowest BCUT2D eigenvalue weighted by Gasteiger charge is -2.13. The summed E-state index contributed by atoms with van der Waals surface area (Å²) in [4.78, 5) is 16.3. The Balaban J connectivity index is 2.23. The van der Waals surface area contributed by atoms with Gasteiger partial charge in [-0.2, -0.15) is 4.99 Å². The number of benzene rings is 2. The van der Waals surface area contributed by atoms with Crippen LogP contribution >= 0.6 is 11.9 Å². The van der Waals surface area contributed by atoms with Crippen molar-refractivity contribution in [1.82, 2.24) is 0 Å². The van der Waals surface area contributed by atoms with E-state index in [1.807, 2.05) is 44.2 Å². The molecule has 1 amide bonds. The highest BCUT2D eigenvalue weighted by Gasteiger charge is 2.12. The molecule has 0 bridgehead atoms. The molecule has 0 saturated heterocycles. The van der Waals surface area contributed by atoms with Crippen LogP contribution < -0.4 is 15.2 Å². The lowest BCUT2D eigenvalue weighted by molar-refractivity contribution is 0.100. The van der Waals surface area contributed by atoms with E-state index in [9.17, 15) is 4.79 Å². The molecular formula is C20H23N3O3S. The molecule has 2 rings (SSSR count). The second-order valence-electron chi connectivity index (χ2n) is 5.84. The first-order valence-corrected chi connectivity index (χ1v) is 9.27. The Labute approximate surface area is 163 Å². The summed E-state index contributed by atoms with van der Waals surface area (Å²) in [6.45, 7) is 5.96. The minimum atomic E-state index is -0.481. The van der Waals surface area contributed by atoms with Crippen molar-refractivity contribution in [2.45, 2.75) is 33.5 Å². The largest absolute Gasteiger partial charge is 0.491 e. The molecule has 0 aliphatic rings. The second kappa shape index (κ2) is 10.4. The van der Waals surface area contributed by atoms with Gasteiger partial charge in [-0.25, -0.2) is 4.40 Å². The van der Waals surface area contributed by atoms with E-state index >= 15 is 0 Å². The van der Waals surface area contributed by atoms with Crippen molar-refractivity contribution in [2.75, 3.05) is 0 Å². The quantitative estimate of drug-likeness (QED) is 0.437. The zero-order valence-electron chi connectivity index (χ0n) is 15.6. The third-order valence-electron chi connectivity index (χ3n) is 3.21. The van der Waals surface area contributed by atoms with E-state index in [4.69, 9.17) is 15.2 Å². The van der Waals surface area contributed by atoms with Crippen molar-refractivity contribution in [3.63, 3.8) is 0 Å². The molecule has 0 unspecified atom stereocenters. The van der Waals surface area contributed by atoms with Gasteiger partial charge in [-0.3, -0.25) is 4.79 Å². The number of nitrogens with zero attached hydrogens (tertiary/aromatic N) is 2. The van der Waals surface area contributed by atoms with Crippen LogP contribution in [0.15, 0.2) is 57.9 Å². The van der Waals surface area contributed by atoms with Crippen LogP contribution in [0.25, 0.3) is 0 Å². The molecule has 2 N–H and O–H groups in total. The molecule has 0 atom stereocenters. The van der Waals surface area contributed by atoms with Crippen molar-refractivity contribution in [3.05, 3.63) is 59.7 Å². The smallest absolute Gasteiger partial charge is 0.279 e. The Morgan fingerprint density at radius 1 is 1.19 bits per heavy atom. The van der Waals surface area contributed by atoms with Gasteiger partial charge in [-0.05, 0) is 38.5 Å². The third kappa shape index (κ3) is 7.15. The number of carbonyl (C=O) groups excluding carboxylic acids is 1.